The third kappa shape index (κ3) is 7.88. The van der Waals surface area contributed by atoms with Crippen LogP contribution >= 0.6 is 0 Å². The van der Waals surface area contributed by atoms with E-state index in [9.17, 15) is 4.79 Å². The molecule has 1 heterocycles. The number of nitrogens with zero attached hydrogens (tertiary/aromatic N) is 1. The first-order chi connectivity index (χ1) is 12.1. The maximum Gasteiger partial charge on any atom is 0.315 e. The molecule has 1 aliphatic rings. The Morgan fingerprint density at radius 2 is 1.84 bits per heavy atom. The lowest BCUT2D eigenvalue weighted by atomic mass is 10.0. The van der Waals surface area contributed by atoms with E-state index in [4.69, 9.17) is 4.74 Å². The van der Waals surface area contributed by atoms with Gasteiger partial charge in [-0.05, 0) is 43.0 Å². The van der Waals surface area contributed by atoms with E-state index in [1.165, 1.54) is 43.5 Å². The van der Waals surface area contributed by atoms with Gasteiger partial charge >= 0.3 is 6.03 Å². The molecule has 0 radical (unpaired) electrons. The molecule has 0 spiro atoms. The van der Waals surface area contributed by atoms with Crippen LogP contribution in [0.5, 0.6) is 0 Å². The van der Waals surface area contributed by atoms with Crippen LogP contribution in [0.15, 0.2) is 24.3 Å². The van der Waals surface area contributed by atoms with Crippen molar-refractivity contribution >= 4 is 6.03 Å². The molecule has 1 aromatic rings. The summed E-state index contributed by atoms with van der Waals surface area (Å²) in [5.41, 5.74) is 2.50. The first-order valence-corrected chi connectivity index (χ1v) is 9.53. The van der Waals surface area contributed by atoms with Gasteiger partial charge in [0.15, 0.2) is 0 Å². The second-order valence-electron chi connectivity index (χ2n) is 7.18. The number of amides is 2. The molecule has 5 heteroatoms. The zero-order valence-electron chi connectivity index (χ0n) is 15.7. The zero-order valence-corrected chi connectivity index (χ0v) is 15.7. The fraction of sp³-hybridized carbons (Fsp3) is 0.650. The number of nitrogens with one attached hydrogen (secondary N) is 2. The standard InChI is InChI=1S/C20H33N3O2/c1-17(2)16-25-13-10-21-20(24)22-14-18-8-4-5-9-19(18)15-23-11-6-3-7-12-23/h4-5,8-9,17H,3,6-7,10-16H2,1-2H3,(H2,21,22,24). The van der Waals surface area contributed by atoms with Crippen molar-refractivity contribution in [1.29, 1.82) is 0 Å². The van der Waals surface area contributed by atoms with Crippen LogP contribution < -0.4 is 10.6 Å². The molecule has 2 rings (SSSR count). The van der Waals surface area contributed by atoms with Gasteiger partial charge in [-0.25, -0.2) is 4.79 Å². The van der Waals surface area contributed by atoms with Crippen molar-refractivity contribution in [3.63, 3.8) is 0 Å². The van der Waals surface area contributed by atoms with E-state index < -0.39 is 0 Å². The van der Waals surface area contributed by atoms with Gasteiger partial charge in [0.2, 0.25) is 0 Å². The van der Waals surface area contributed by atoms with E-state index in [0.29, 0.717) is 25.6 Å². The Kier molecular flexibility index (Phi) is 8.77. The molecule has 0 atom stereocenters. The number of likely N-dealkylation sites (tertiary alicyclic amines) is 1. The summed E-state index contributed by atoms with van der Waals surface area (Å²) in [7, 11) is 0. The first-order valence-electron chi connectivity index (χ1n) is 9.53. The molecular formula is C20H33N3O2. The normalized spacial score (nSPS) is 15.3. The topological polar surface area (TPSA) is 53.6 Å². The number of piperidine rings is 1. The van der Waals surface area contributed by atoms with Gasteiger partial charge < -0.3 is 15.4 Å². The van der Waals surface area contributed by atoms with Crippen LogP contribution in [-0.2, 0) is 17.8 Å². The highest BCUT2D eigenvalue weighted by Gasteiger charge is 2.12. The van der Waals surface area contributed by atoms with Gasteiger partial charge in [-0.1, -0.05) is 44.5 Å². The predicted octanol–water partition coefficient (Wildman–Crippen LogP) is 3.14. The smallest absolute Gasteiger partial charge is 0.315 e. The van der Waals surface area contributed by atoms with Crippen molar-refractivity contribution < 1.29 is 9.53 Å². The van der Waals surface area contributed by atoms with Gasteiger partial charge in [0.05, 0.1) is 6.61 Å². The molecule has 0 unspecified atom stereocenters. The van der Waals surface area contributed by atoms with E-state index in [0.717, 1.165) is 13.2 Å². The number of ether oxygens (including phenoxy) is 1. The van der Waals surface area contributed by atoms with Crippen LogP contribution in [0.25, 0.3) is 0 Å². The van der Waals surface area contributed by atoms with Crippen molar-refractivity contribution in [2.75, 3.05) is 32.8 Å². The number of urea groups is 1. The fourth-order valence-electron chi connectivity index (χ4n) is 3.04. The quantitative estimate of drug-likeness (QED) is 0.675. The summed E-state index contributed by atoms with van der Waals surface area (Å²) in [5, 5.41) is 5.79. The number of hydrogen-bond acceptors (Lipinski definition) is 3. The van der Waals surface area contributed by atoms with Gasteiger partial charge in [-0.15, -0.1) is 0 Å². The van der Waals surface area contributed by atoms with E-state index in [-0.39, 0.29) is 6.03 Å². The molecule has 2 N–H and O–H groups in total. The molecule has 0 saturated carbocycles. The van der Waals surface area contributed by atoms with Crippen molar-refractivity contribution in [2.45, 2.75) is 46.2 Å². The SMILES string of the molecule is CC(C)COCCNC(=O)NCc1ccccc1CN1CCCCC1. The van der Waals surface area contributed by atoms with Gasteiger partial charge in [-0.2, -0.15) is 0 Å². The molecule has 1 saturated heterocycles. The minimum Gasteiger partial charge on any atom is -0.379 e. The summed E-state index contributed by atoms with van der Waals surface area (Å²) in [6, 6.07) is 8.25. The molecule has 25 heavy (non-hydrogen) atoms. The van der Waals surface area contributed by atoms with Crippen LogP contribution in [0.1, 0.15) is 44.2 Å². The maximum absolute atomic E-state index is 11.9. The van der Waals surface area contributed by atoms with Crippen LogP contribution in [0.4, 0.5) is 4.79 Å². The highest BCUT2D eigenvalue weighted by molar-refractivity contribution is 5.73. The van der Waals surface area contributed by atoms with Crippen LogP contribution in [0.3, 0.4) is 0 Å². The molecule has 1 aromatic carbocycles. The summed E-state index contributed by atoms with van der Waals surface area (Å²) in [4.78, 5) is 14.4. The van der Waals surface area contributed by atoms with Crippen LogP contribution in [0.2, 0.25) is 0 Å². The van der Waals surface area contributed by atoms with Crippen molar-refractivity contribution in [3.8, 4) is 0 Å². The molecule has 0 bridgehead atoms. The Hall–Kier alpha value is -1.59. The Morgan fingerprint density at radius 1 is 1.12 bits per heavy atom. The minimum absolute atomic E-state index is 0.138. The van der Waals surface area contributed by atoms with Crippen molar-refractivity contribution in [1.82, 2.24) is 15.5 Å². The Morgan fingerprint density at radius 3 is 2.56 bits per heavy atom. The molecule has 2 amide bonds. The lowest BCUT2D eigenvalue weighted by Gasteiger charge is -2.27. The summed E-state index contributed by atoms with van der Waals surface area (Å²) in [6.45, 7) is 9.93. The summed E-state index contributed by atoms with van der Waals surface area (Å²) >= 11 is 0. The molecule has 1 fully saturated rings. The monoisotopic (exact) mass is 347 g/mol. The third-order valence-electron chi connectivity index (χ3n) is 4.38. The Bertz CT molecular complexity index is 513. The predicted molar refractivity (Wildman–Crippen MR) is 101 cm³/mol. The molecule has 0 aliphatic carbocycles. The molecule has 140 valence electrons. The number of rotatable bonds is 9. The largest absolute Gasteiger partial charge is 0.379 e. The van der Waals surface area contributed by atoms with Crippen molar-refractivity contribution in [3.05, 3.63) is 35.4 Å². The van der Waals surface area contributed by atoms with Gasteiger partial charge in [0.25, 0.3) is 0 Å². The summed E-state index contributed by atoms with van der Waals surface area (Å²) in [6.07, 6.45) is 3.93. The third-order valence-corrected chi connectivity index (χ3v) is 4.38. The number of carbonyl (C=O) groups is 1. The molecule has 1 aliphatic heterocycles. The molecular weight excluding hydrogens is 314 g/mol. The highest BCUT2D eigenvalue weighted by atomic mass is 16.5. The fourth-order valence-corrected chi connectivity index (χ4v) is 3.04. The lowest BCUT2D eigenvalue weighted by Crippen LogP contribution is -2.37. The Balaban J connectivity index is 1.71. The van der Waals surface area contributed by atoms with E-state index in [1.807, 2.05) is 6.07 Å². The Labute approximate surface area is 152 Å². The van der Waals surface area contributed by atoms with E-state index >= 15 is 0 Å². The zero-order chi connectivity index (χ0) is 17.9. The van der Waals surface area contributed by atoms with E-state index in [2.05, 4.69) is 47.6 Å². The maximum atomic E-state index is 11.9. The van der Waals surface area contributed by atoms with Gasteiger partial charge in [0.1, 0.15) is 0 Å². The lowest BCUT2D eigenvalue weighted by molar-refractivity contribution is 0.112. The average molecular weight is 348 g/mol. The van der Waals surface area contributed by atoms with Crippen LogP contribution in [-0.4, -0.2) is 43.8 Å². The molecule has 0 aromatic heterocycles. The van der Waals surface area contributed by atoms with Gasteiger partial charge in [0, 0.05) is 26.2 Å². The average Bonchev–Trinajstić information content (AvgIpc) is 2.61. The summed E-state index contributed by atoms with van der Waals surface area (Å²) in [5.74, 6) is 0.519. The van der Waals surface area contributed by atoms with Gasteiger partial charge in [-0.3, -0.25) is 4.90 Å². The highest BCUT2D eigenvalue weighted by Crippen LogP contribution is 2.16. The van der Waals surface area contributed by atoms with Crippen LogP contribution in [0, 0.1) is 5.92 Å². The number of benzene rings is 1. The second kappa shape index (κ2) is 11.1. The van der Waals surface area contributed by atoms with E-state index in [1.54, 1.807) is 0 Å². The number of hydrogen-bond donors (Lipinski definition) is 2. The first kappa shape index (κ1) is 19.7. The minimum atomic E-state index is -0.138. The number of carbonyl (C=O) groups excluding carboxylic acids is 1. The van der Waals surface area contributed by atoms with Crippen molar-refractivity contribution in [2.24, 2.45) is 5.92 Å². The second-order valence-corrected chi connectivity index (χ2v) is 7.18. The summed E-state index contributed by atoms with van der Waals surface area (Å²) < 4.78 is 5.46. The molecule has 5 nitrogen and oxygen atoms in total.